The molecular formula is C17H23N5O5. The number of fused-ring (bicyclic) bond motifs is 1. The molecule has 10 heteroatoms. The summed E-state index contributed by atoms with van der Waals surface area (Å²) in [5.74, 6) is -0.339. The standard InChI is InChI=1S/C17H23N5O5/c1-20-15-14(18-4-5-19-15)16(24)22(17(20)25)6-2-3-13(23)27-12-9-21-7-10-26-11-8-21/h4-5H,2-3,6-12H2,1H3. The van der Waals surface area contributed by atoms with Gasteiger partial charge in [-0.25, -0.2) is 14.8 Å². The van der Waals surface area contributed by atoms with E-state index in [0.717, 1.165) is 17.7 Å². The highest BCUT2D eigenvalue weighted by Gasteiger charge is 2.14. The van der Waals surface area contributed by atoms with Gasteiger partial charge >= 0.3 is 11.7 Å². The molecule has 0 radical (unpaired) electrons. The predicted molar refractivity (Wildman–Crippen MR) is 96.5 cm³/mol. The lowest BCUT2D eigenvalue weighted by molar-refractivity contribution is -0.144. The van der Waals surface area contributed by atoms with Crippen LogP contribution < -0.4 is 11.2 Å². The summed E-state index contributed by atoms with van der Waals surface area (Å²) in [7, 11) is 1.54. The van der Waals surface area contributed by atoms with E-state index in [9.17, 15) is 14.4 Å². The maximum Gasteiger partial charge on any atom is 0.332 e. The molecule has 0 bridgehead atoms. The largest absolute Gasteiger partial charge is 0.464 e. The first-order valence-electron chi connectivity index (χ1n) is 8.94. The molecule has 0 spiro atoms. The molecule has 2 aromatic heterocycles. The van der Waals surface area contributed by atoms with Crippen LogP contribution in [0.15, 0.2) is 22.0 Å². The summed E-state index contributed by atoms with van der Waals surface area (Å²) in [5, 5.41) is 0. The maximum atomic E-state index is 12.4. The van der Waals surface area contributed by atoms with Crippen LogP contribution in [0.1, 0.15) is 12.8 Å². The fourth-order valence-electron chi connectivity index (χ4n) is 2.98. The highest BCUT2D eigenvalue weighted by atomic mass is 16.5. The zero-order chi connectivity index (χ0) is 19.2. The van der Waals surface area contributed by atoms with Crippen molar-refractivity contribution in [3.05, 3.63) is 33.2 Å². The predicted octanol–water partition coefficient (Wildman–Crippen LogP) is -0.854. The molecule has 0 aliphatic carbocycles. The normalized spacial score (nSPS) is 15.1. The Morgan fingerprint density at radius 3 is 2.70 bits per heavy atom. The molecule has 0 atom stereocenters. The Labute approximate surface area is 155 Å². The van der Waals surface area contributed by atoms with Crippen molar-refractivity contribution in [3.63, 3.8) is 0 Å². The van der Waals surface area contributed by atoms with Crippen molar-refractivity contribution in [3.8, 4) is 0 Å². The number of aryl methyl sites for hydroxylation is 1. The van der Waals surface area contributed by atoms with Crippen LogP contribution in [-0.2, 0) is 27.9 Å². The molecule has 3 heterocycles. The van der Waals surface area contributed by atoms with E-state index in [-0.39, 0.29) is 30.1 Å². The Kier molecular flexibility index (Phi) is 6.30. The molecule has 0 unspecified atom stereocenters. The van der Waals surface area contributed by atoms with Gasteiger partial charge in [0.1, 0.15) is 6.61 Å². The minimum absolute atomic E-state index is 0.122. The van der Waals surface area contributed by atoms with Gasteiger partial charge in [-0.3, -0.25) is 23.6 Å². The minimum atomic E-state index is -0.498. The number of aromatic nitrogens is 4. The van der Waals surface area contributed by atoms with E-state index in [1.165, 1.54) is 24.0 Å². The second-order valence-electron chi connectivity index (χ2n) is 6.30. The molecular weight excluding hydrogens is 354 g/mol. The number of rotatable bonds is 7. The van der Waals surface area contributed by atoms with Crippen molar-refractivity contribution >= 4 is 17.1 Å². The highest BCUT2D eigenvalue weighted by Crippen LogP contribution is 2.01. The molecule has 1 aliphatic heterocycles. The summed E-state index contributed by atoms with van der Waals surface area (Å²) < 4.78 is 12.9. The molecule has 10 nitrogen and oxygen atoms in total. The van der Waals surface area contributed by atoms with Crippen molar-refractivity contribution < 1.29 is 14.3 Å². The Bertz CT molecular complexity index is 916. The molecule has 1 fully saturated rings. The van der Waals surface area contributed by atoms with Gasteiger partial charge in [-0.1, -0.05) is 0 Å². The molecule has 1 saturated heterocycles. The number of ether oxygens (including phenoxy) is 2. The Morgan fingerprint density at radius 2 is 1.93 bits per heavy atom. The second-order valence-corrected chi connectivity index (χ2v) is 6.30. The third-order valence-electron chi connectivity index (χ3n) is 4.50. The van der Waals surface area contributed by atoms with E-state index in [0.29, 0.717) is 32.8 Å². The number of esters is 1. The van der Waals surface area contributed by atoms with Gasteiger partial charge in [0, 0.05) is 52.0 Å². The Morgan fingerprint density at radius 1 is 1.19 bits per heavy atom. The lowest BCUT2D eigenvalue weighted by Crippen LogP contribution is -2.40. The van der Waals surface area contributed by atoms with E-state index in [4.69, 9.17) is 9.47 Å². The molecule has 3 rings (SSSR count). The average molecular weight is 377 g/mol. The summed E-state index contributed by atoms with van der Waals surface area (Å²) in [6.45, 7) is 4.21. The van der Waals surface area contributed by atoms with Crippen molar-refractivity contribution in [1.29, 1.82) is 0 Å². The number of nitrogens with zero attached hydrogens (tertiary/aromatic N) is 5. The molecule has 1 aliphatic rings. The SMILES string of the molecule is Cn1c(=O)n(CCCC(=O)OCCN2CCOCC2)c(=O)c2nccnc21. The monoisotopic (exact) mass is 377 g/mol. The van der Waals surface area contributed by atoms with E-state index in [1.807, 2.05) is 0 Å². The van der Waals surface area contributed by atoms with E-state index >= 15 is 0 Å². The molecule has 27 heavy (non-hydrogen) atoms. The van der Waals surface area contributed by atoms with Crippen molar-refractivity contribution in [2.45, 2.75) is 19.4 Å². The van der Waals surface area contributed by atoms with Crippen LogP contribution in [0.25, 0.3) is 11.2 Å². The van der Waals surface area contributed by atoms with Gasteiger partial charge in [-0.15, -0.1) is 0 Å². The number of carbonyl (C=O) groups is 1. The van der Waals surface area contributed by atoms with Crippen LogP contribution in [0, 0.1) is 0 Å². The van der Waals surface area contributed by atoms with Crippen LogP contribution in [0.3, 0.4) is 0 Å². The van der Waals surface area contributed by atoms with Gasteiger partial charge in [0.05, 0.1) is 13.2 Å². The third-order valence-corrected chi connectivity index (χ3v) is 4.50. The summed E-state index contributed by atoms with van der Waals surface area (Å²) in [6.07, 6.45) is 3.30. The molecule has 146 valence electrons. The zero-order valence-electron chi connectivity index (χ0n) is 15.3. The number of hydrogen-bond acceptors (Lipinski definition) is 8. The molecule has 2 aromatic rings. The van der Waals surface area contributed by atoms with E-state index < -0.39 is 11.2 Å². The smallest absolute Gasteiger partial charge is 0.332 e. The van der Waals surface area contributed by atoms with Crippen LogP contribution in [0.2, 0.25) is 0 Å². The first kappa shape index (κ1) is 19.2. The lowest BCUT2D eigenvalue weighted by Gasteiger charge is -2.26. The van der Waals surface area contributed by atoms with E-state index in [2.05, 4.69) is 14.9 Å². The molecule has 0 amide bonds. The fraction of sp³-hybridized carbons (Fsp3) is 0.588. The fourth-order valence-corrected chi connectivity index (χ4v) is 2.98. The van der Waals surface area contributed by atoms with Crippen molar-refractivity contribution in [1.82, 2.24) is 24.0 Å². The zero-order valence-corrected chi connectivity index (χ0v) is 15.3. The first-order valence-corrected chi connectivity index (χ1v) is 8.94. The molecule has 0 N–H and O–H groups in total. The summed E-state index contributed by atoms with van der Waals surface area (Å²) in [6, 6.07) is 0. The van der Waals surface area contributed by atoms with Crippen LogP contribution in [0.4, 0.5) is 0 Å². The Balaban J connectivity index is 1.52. The van der Waals surface area contributed by atoms with Gasteiger partial charge in [-0.2, -0.15) is 0 Å². The van der Waals surface area contributed by atoms with Gasteiger partial charge in [0.2, 0.25) is 0 Å². The topological polar surface area (TPSA) is 109 Å². The van der Waals surface area contributed by atoms with Crippen molar-refractivity contribution in [2.24, 2.45) is 7.05 Å². The quantitative estimate of drug-likeness (QED) is 0.574. The average Bonchev–Trinajstić information content (AvgIpc) is 2.69. The molecule has 0 saturated carbocycles. The van der Waals surface area contributed by atoms with Gasteiger partial charge in [0.25, 0.3) is 5.56 Å². The summed E-state index contributed by atoms with van der Waals surface area (Å²) in [4.78, 5) is 46.9. The first-order chi connectivity index (χ1) is 13.1. The van der Waals surface area contributed by atoms with Gasteiger partial charge in [-0.05, 0) is 6.42 Å². The van der Waals surface area contributed by atoms with Gasteiger partial charge < -0.3 is 9.47 Å². The number of morpholine rings is 1. The van der Waals surface area contributed by atoms with E-state index in [1.54, 1.807) is 0 Å². The van der Waals surface area contributed by atoms with Crippen LogP contribution in [-0.4, -0.2) is 69.4 Å². The maximum absolute atomic E-state index is 12.4. The number of carbonyl (C=O) groups excluding carboxylic acids is 1. The van der Waals surface area contributed by atoms with Crippen molar-refractivity contribution in [2.75, 3.05) is 39.5 Å². The third kappa shape index (κ3) is 4.58. The number of hydrogen-bond donors (Lipinski definition) is 0. The minimum Gasteiger partial charge on any atom is -0.464 e. The van der Waals surface area contributed by atoms with Crippen LogP contribution in [0.5, 0.6) is 0 Å². The highest BCUT2D eigenvalue weighted by molar-refractivity contribution is 5.69. The van der Waals surface area contributed by atoms with Crippen LogP contribution >= 0.6 is 0 Å². The lowest BCUT2D eigenvalue weighted by atomic mass is 10.3. The molecule has 0 aromatic carbocycles. The van der Waals surface area contributed by atoms with Gasteiger partial charge in [0.15, 0.2) is 11.2 Å². The second kappa shape index (κ2) is 8.87. The summed E-state index contributed by atoms with van der Waals surface area (Å²) in [5.41, 5.74) is -0.602. The Hall–Kier alpha value is -2.59. The summed E-state index contributed by atoms with van der Waals surface area (Å²) >= 11 is 0.